The molecule has 1 aliphatic heterocycles. The lowest BCUT2D eigenvalue weighted by Gasteiger charge is -2.28. The van der Waals surface area contributed by atoms with Crippen LogP contribution >= 0.6 is 0 Å². The summed E-state index contributed by atoms with van der Waals surface area (Å²) < 4.78 is 9.89. The number of carbonyl (C=O) groups is 1. The van der Waals surface area contributed by atoms with Crippen molar-refractivity contribution in [1.82, 2.24) is 5.48 Å². The zero-order valence-corrected chi connectivity index (χ0v) is 9.32. The van der Waals surface area contributed by atoms with E-state index in [1.165, 1.54) is 0 Å². The molecule has 0 unspecified atom stereocenters. The first-order valence-corrected chi connectivity index (χ1v) is 5.15. The van der Waals surface area contributed by atoms with Crippen LogP contribution in [0.5, 0.6) is 0 Å². The molecule has 0 bridgehead atoms. The predicted octanol–water partition coefficient (Wildman–Crippen LogP) is 0.000980. The van der Waals surface area contributed by atoms with Crippen molar-refractivity contribution in [2.45, 2.75) is 12.8 Å². The lowest BCUT2D eigenvalue weighted by Crippen LogP contribution is -2.44. The third-order valence-corrected chi connectivity index (χ3v) is 2.55. The third kappa shape index (κ3) is 3.17. The second-order valence-corrected chi connectivity index (χ2v) is 3.58. The lowest BCUT2D eigenvalue weighted by molar-refractivity contribution is -0.146. The molecule has 0 aliphatic carbocycles. The third-order valence-electron chi connectivity index (χ3n) is 2.55. The highest BCUT2D eigenvalue weighted by molar-refractivity contribution is 5.84. The molecule has 0 aromatic carbocycles. The van der Waals surface area contributed by atoms with Gasteiger partial charge in [0.1, 0.15) is 5.41 Å². The minimum Gasteiger partial charge on any atom is -0.382 e. The van der Waals surface area contributed by atoms with Crippen LogP contribution in [0.15, 0.2) is 0 Å². The van der Waals surface area contributed by atoms with Crippen LogP contribution in [0, 0.1) is 16.7 Å². The first-order valence-electron chi connectivity index (χ1n) is 5.15. The van der Waals surface area contributed by atoms with E-state index in [4.69, 9.17) is 19.6 Å². The van der Waals surface area contributed by atoms with Gasteiger partial charge in [0.2, 0.25) is 0 Å². The van der Waals surface area contributed by atoms with E-state index in [0.29, 0.717) is 32.7 Å². The monoisotopic (exact) mass is 228 g/mol. The Morgan fingerprint density at radius 2 is 2.19 bits per heavy atom. The molecule has 0 radical (unpaired) electrons. The van der Waals surface area contributed by atoms with Crippen LogP contribution in [0.3, 0.4) is 0 Å². The van der Waals surface area contributed by atoms with E-state index in [0.717, 1.165) is 0 Å². The highest BCUT2D eigenvalue weighted by Gasteiger charge is 2.40. The zero-order chi connectivity index (χ0) is 11.9. The van der Waals surface area contributed by atoms with E-state index < -0.39 is 11.3 Å². The molecule has 6 nitrogen and oxygen atoms in total. The summed E-state index contributed by atoms with van der Waals surface area (Å²) >= 11 is 0. The van der Waals surface area contributed by atoms with Gasteiger partial charge < -0.3 is 9.47 Å². The summed E-state index contributed by atoms with van der Waals surface area (Å²) in [5.74, 6) is -0.394. The second kappa shape index (κ2) is 6.43. The maximum Gasteiger partial charge on any atom is 0.264 e. The lowest BCUT2D eigenvalue weighted by atomic mass is 9.81. The van der Waals surface area contributed by atoms with Gasteiger partial charge in [-0.25, -0.2) is 5.48 Å². The van der Waals surface area contributed by atoms with Gasteiger partial charge in [-0.1, -0.05) is 0 Å². The maximum absolute atomic E-state index is 11.8. The number of nitrogens with zero attached hydrogens (tertiary/aromatic N) is 1. The molecule has 0 spiro atoms. The van der Waals surface area contributed by atoms with E-state index in [1.807, 2.05) is 0 Å². The fraction of sp³-hybridized carbons (Fsp3) is 0.800. The number of rotatable bonds is 5. The summed E-state index contributed by atoms with van der Waals surface area (Å²) in [5, 5.41) is 9.07. The first kappa shape index (κ1) is 12.9. The Kier molecular flexibility index (Phi) is 5.19. The van der Waals surface area contributed by atoms with E-state index in [9.17, 15) is 4.79 Å². The van der Waals surface area contributed by atoms with Gasteiger partial charge in [-0.2, -0.15) is 5.26 Å². The summed E-state index contributed by atoms with van der Waals surface area (Å²) in [6, 6.07) is 2.05. The molecule has 0 aromatic heterocycles. The van der Waals surface area contributed by atoms with Crippen LogP contribution in [-0.2, 0) is 19.1 Å². The van der Waals surface area contributed by atoms with Crippen molar-refractivity contribution in [2.75, 3.05) is 33.5 Å². The predicted molar refractivity (Wildman–Crippen MR) is 54.1 cm³/mol. The Balaban J connectivity index is 2.40. The van der Waals surface area contributed by atoms with E-state index in [-0.39, 0.29) is 6.61 Å². The normalized spacial score (nSPS) is 18.8. The molecule has 1 heterocycles. The van der Waals surface area contributed by atoms with Crippen LogP contribution in [0.2, 0.25) is 0 Å². The Morgan fingerprint density at radius 3 is 2.75 bits per heavy atom. The molecule has 90 valence electrons. The Morgan fingerprint density at radius 1 is 1.50 bits per heavy atom. The molecular formula is C10H16N2O4. The molecule has 1 fully saturated rings. The fourth-order valence-electron chi connectivity index (χ4n) is 1.45. The van der Waals surface area contributed by atoms with Crippen LogP contribution in [0.1, 0.15) is 12.8 Å². The van der Waals surface area contributed by atoms with Crippen molar-refractivity contribution in [3.8, 4) is 6.07 Å². The molecule has 0 aromatic rings. The maximum atomic E-state index is 11.8. The van der Waals surface area contributed by atoms with Gasteiger partial charge in [-0.15, -0.1) is 0 Å². The molecule has 1 rings (SSSR count). The summed E-state index contributed by atoms with van der Waals surface area (Å²) in [6.07, 6.45) is 0.811. The number of nitriles is 1. The number of methoxy groups -OCH3 is 1. The number of ether oxygens (including phenoxy) is 2. The summed E-state index contributed by atoms with van der Waals surface area (Å²) in [6.45, 7) is 1.52. The van der Waals surface area contributed by atoms with Crippen LogP contribution in [-0.4, -0.2) is 39.4 Å². The average Bonchev–Trinajstić information content (AvgIpc) is 2.35. The quantitative estimate of drug-likeness (QED) is 0.529. The summed E-state index contributed by atoms with van der Waals surface area (Å²) in [5.41, 5.74) is 1.27. The van der Waals surface area contributed by atoms with Crippen molar-refractivity contribution in [2.24, 2.45) is 5.41 Å². The largest absolute Gasteiger partial charge is 0.382 e. The molecule has 0 atom stereocenters. The van der Waals surface area contributed by atoms with Gasteiger partial charge in [0, 0.05) is 20.3 Å². The summed E-state index contributed by atoms with van der Waals surface area (Å²) in [4.78, 5) is 16.7. The zero-order valence-electron chi connectivity index (χ0n) is 9.32. The molecule has 1 aliphatic rings. The number of amides is 1. The van der Waals surface area contributed by atoms with Gasteiger partial charge in [0.25, 0.3) is 5.91 Å². The van der Waals surface area contributed by atoms with Crippen molar-refractivity contribution >= 4 is 5.91 Å². The van der Waals surface area contributed by atoms with Crippen LogP contribution < -0.4 is 5.48 Å². The van der Waals surface area contributed by atoms with Gasteiger partial charge in [-0.3, -0.25) is 9.63 Å². The van der Waals surface area contributed by atoms with Gasteiger partial charge in [0.05, 0.1) is 19.3 Å². The summed E-state index contributed by atoms with van der Waals surface area (Å²) in [7, 11) is 1.54. The Labute approximate surface area is 94.4 Å². The molecule has 1 N–H and O–H groups in total. The molecule has 16 heavy (non-hydrogen) atoms. The standard InChI is InChI=1S/C10H16N2O4/c1-14-6-7-16-12-9(13)10(8-11)2-4-15-5-3-10/h2-7H2,1H3,(H,12,13). The Hall–Kier alpha value is -1.16. The smallest absolute Gasteiger partial charge is 0.264 e. The number of hydrogen-bond acceptors (Lipinski definition) is 5. The molecular weight excluding hydrogens is 212 g/mol. The fourth-order valence-corrected chi connectivity index (χ4v) is 1.45. The van der Waals surface area contributed by atoms with Gasteiger partial charge in [0.15, 0.2) is 0 Å². The molecule has 6 heteroatoms. The Bertz CT molecular complexity index is 268. The highest BCUT2D eigenvalue weighted by atomic mass is 16.7. The average molecular weight is 228 g/mol. The highest BCUT2D eigenvalue weighted by Crippen LogP contribution is 2.29. The van der Waals surface area contributed by atoms with Crippen LogP contribution in [0.4, 0.5) is 0 Å². The van der Waals surface area contributed by atoms with Crippen molar-refractivity contribution in [1.29, 1.82) is 5.26 Å². The molecule has 1 saturated heterocycles. The van der Waals surface area contributed by atoms with Crippen molar-refractivity contribution in [3.63, 3.8) is 0 Å². The number of nitrogens with one attached hydrogen (secondary N) is 1. The number of carbonyl (C=O) groups excluding carboxylic acids is 1. The van der Waals surface area contributed by atoms with Crippen molar-refractivity contribution in [3.05, 3.63) is 0 Å². The van der Waals surface area contributed by atoms with E-state index >= 15 is 0 Å². The minimum absolute atomic E-state index is 0.264. The molecule has 0 saturated carbocycles. The number of hydrogen-bond donors (Lipinski definition) is 1. The van der Waals surface area contributed by atoms with Crippen LogP contribution in [0.25, 0.3) is 0 Å². The van der Waals surface area contributed by atoms with E-state index in [2.05, 4.69) is 11.5 Å². The van der Waals surface area contributed by atoms with Crippen molar-refractivity contribution < 1.29 is 19.1 Å². The second-order valence-electron chi connectivity index (χ2n) is 3.58. The van der Waals surface area contributed by atoms with Gasteiger partial charge >= 0.3 is 0 Å². The minimum atomic E-state index is -1.01. The van der Waals surface area contributed by atoms with Gasteiger partial charge in [-0.05, 0) is 12.8 Å². The van der Waals surface area contributed by atoms with E-state index in [1.54, 1.807) is 7.11 Å². The number of hydroxylamine groups is 1. The SMILES string of the molecule is COCCONC(=O)C1(C#N)CCOCC1. The topological polar surface area (TPSA) is 80.6 Å². The molecule has 1 amide bonds. The first-order chi connectivity index (χ1) is 7.75.